The summed E-state index contributed by atoms with van der Waals surface area (Å²) in [6, 6.07) is 0.248. The maximum Gasteiger partial charge on any atom is 0.363 e. The molecular formula is C24H46N3O2+. The minimum atomic E-state index is 0.0396. The van der Waals surface area contributed by atoms with Gasteiger partial charge in [-0.15, -0.1) is 0 Å². The molecule has 29 heavy (non-hydrogen) atoms. The highest BCUT2D eigenvalue weighted by Crippen LogP contribution is 2.14. The Balaban J connectivity index is 2.48. The van der Waals surface area contributed by atoms with E-state index in [-0.39, 0.29) is 17.9 Å². The van der Waals surface area contributed by atoms with E-state index in [1.54, 1.807) is 0 Å². The Labute approximate surface area is 179 Å². The van der Waals surface area contributed by atoms with Crippen LogP contribution in [0, 0.1) is 0 Å². The van der Waals surface area contributed by atoms with E-state index in [9.17, 15) is 9.59 Å². The number of hydrogen-bond donors (Lipinski definition) is 1. The van der Waals surface area contributed by atoms with Crippen LogP contribution in [0.1, 0.15) is 118 Å². The zero-order chi connectivity index (χ0) is 21.5. The second-order valence-electron chi connectivity index (χ2n) is 8.55. The van der Waals surface area contributed by atoms with Crippen molar-refractivity contribution in [2.24, 2.45) is 0 Å². The quantitative estimate of drug-likeness (QED) is 0.298. The average molecular weight is 409 g/mol. The molecule has 0 fully saturated rings. The smallest absolute Gasteiger partial charge is 0.259 e. The largest absolute Gasteiger partial charge is 0.363 e. The van der Waals surface area contributed by atoms with Crippen molar-refractivity contribution in [3.8, 4) is 0 Å². The number of guanidine groups is 1. The van der Waals surface area contributed by atoms with Gasteiger partial charge in [-0.25, -0.2) is 5.32 Å². The van der Waals surface area contributed by atoms with Crippen LogP contribution < -0.4 is 5.32 Å². The Kier molecular flexibility index (Phi) is 13.7. The second-order valence-corrected chi connectivity index (χ2v) is 8.55. The Hall–Kier alpha value is -1.39. The summed E-state index contributed by atoms with van der Waals surface area (Å²) in [7, 11) is 0. The third kappa shape index (κ3) is 9.77. The van der Waals surface area contributed by atoms with Gasteiger partial charge in [0.2, 0.25) is 0 Å². The lowest BCUT2D eigenvalue weighted by molar-refractivity contribution is -0.549. The van der Waals surface area contributed by atoms with Crippen molar-refractivity contribution < 1.29 is 14.2 Å². The van der Waals surface area contributed by atoms with Crippen molar-refractivity contribution in [3.63, 3.8) is 0 Å². The number of nitrogens with one attached hydrogen (secondary N) is 1. The maximum atomic E-state index is 12.8. The average Bonchev–Trinajstić information content (AvgIpc) is 3.02. The van der Waals surface area contributed by atoms with Crippen LogP contribution in [0.25, 0.3) is 0 Å². The van der Waals surface area contributed by atoms with E-state index >= 15 is 0 Å². The van der Waals surface area contributed by atoms with Gasteiger partial charge in [-0.3, -0.25) is 14.2 Å². The fourth-order valence-corrected chi connectivity index (χ4v) is 4.08. The highest BCUT2D eigenvalue weighted by atomic mass is 16.2. The van der Waals surface area contributed by atoms with E-state index in [2.05, 4.69) is 37.6 Å². The summed E-state index contributed by atoms with van der Waals surface area (Å²) in [4.78, 5) is 27.1. The molecule has 1 atom stereocenters. The maximum absolute atomic E-state index is 12.8. The van der Waals surface area contributed by atoms with Gasteiger partial charge in [0.15, 0.2) is 0 Å². The van der Waals surface area contributed by atoms with Gasteiger partial charge in [0, 0.05) is 12.8 Å². The molecule has 1 aliphatic heterocycles. The van der Waals surface area contributed by atoms with Gasteiger partial charge in [0.1, 0.15) is 12.6 Å². The first-order valence-corrected chi connectivity index (χ1v) is 12.3. The number of rotatable bonds is 15. The van der Waals surface area contributed by atoms with E-state index in [0.717, 1.165) is 32.2 Å². The number of hydrogen-bond acceptors (Lipinski definition) is 2. The number of carbonyl (C=O) groups excluding carboxylic acids is 2. The Morgan fingerprint density at radius 3 is 1.93 bits per heavy atom. The third-order valence-corrected chi connectivity index (χ3v) is 5.90. The van der Waals surface area contributed by atoms with Crippen LogP contribution in [0.2, 0.25) is 0 Å². The molecule has 1 unspecified atom stereocenters. The van der Waals surface area contributed by atoms with E-state index < -0.39 is 0 Å². The van der Waals surface area contributed by atoms with Crippen molar-refractivity contribution in [3.05, 3.63) is 0 Å². The Morgan fingerprint density at radius 2 is 1.38 bits per heavy atom. The molecule has 0 aliphatic carbocycles. The first kappa shape index (κ1) is 25.6. The lowest BCUT2D eigenvalue weighted by Crippen LogP contribution is -2.47. The topological polar surface area (TPSA) is 52.4 Å². The lowest BCUT2D eigenvalue weighted by Gasteiger charge is -2.12. The van der Waals surface area contributed by atoms with Crippen LogP contribution in [0.15, 0.2) is 0 Å². The molecule has 0 aromatic heterocycles. The molecule has 1 aliphatic rings. The molecule has 0 aromatic rings. The Morgan fingerprint density at radius 1 is 0.862 bits per heavy atom. The molecule has 0 bridgehead atoms. The van der Waals surface area contributed by atoms with Crippen molar-refractivity contribution in [2.75, 3.05) is 13.1 Å². The predicted molar refractivity (Wildman–Crippen MR) is 121 cm³/mol. The molecule has 0 spiro atoms. The molecule has 1 N–H and O–H groups in total. The number of unbranched alkanes of at least 4 members (excludes halogenated alkanes) is 10. The molecule has 5 heteroatoms. The summed E-state index contributed by atoms with van der Waals surface area (Å²) in [5, 5.41) is 3.07. The highest BCUT2D eigenvalue weighted by Gasteiger charge is 2.39. The van der Waals surface area contributed by atoms with Crippen LogP contribution in [-0.2, 0) is 9.59 Å². The lowest BCUT2D eigenvalue weighted by atomic mass is 10.1. The summed E-state index contributed by atoms with van der Waals surface area (Å²) in [6.45, 7) is 10.1. The van der Waals surface area contributed by atoms with Gasteiger partial charge in [-0.05, 0) is 26.7 Å². The van der Waals surface area contributed by atoms with Crippen molar-refractivity contribution in [2.45, 2.75) is 124 Å². The predicted octanol–water partition coefficient (Wildman–Crippen LogP) is 5.22. The molecule has 0 aromatic carbocycles. The fourth-order valence-electron chi connectivity index (χ4n) is 4.08. The molecule has 2 amide bonds. The van der Waals surface area contributed by atoms with Crippen molar-refractivity contribution in [1.29, 1.82) is 0 Å². The standard InChI is InChI=1S/C24H45N3O2/c1-5-8-10-12-13-15-17-19-23(29)27-20-21(4)26(7-3)24(27)25-22(28)18-16-14-11-9-6-2/h21H,5-20H2,1-4H3/p+1. The number of likely N-dealkylation sites (N-methyl/N-ethyl adjacent to an activating group) is 1. The summed E-state index contributed by atoms with van der Waals surface area (Å²) >= 11 is 0. The molecule has 1 heterocycles. The minimum absolute atomic E-state index is 0.0396. The normalized spacial score (nSPS) is 16.6. The van der Waals surface area contributed by atoms with Crippen LogP contribution >= 0.6 is 0 Å². The first-order chi connectivity index (χ1) is 14.0. The molecule has 5 nitrogen and oxygen atoms in total. The fraction of sp³-hybridized carbons (Fsp3) is 0.875. The van der Waals surface area contributed by atoms with Gasteiger partial charge < -0.3 is 0 Å². The highest BCUT2D eigenvalue weighted by molar-refractivity contribution is 6.03. The molecule has 0 saturated heterocycles. The Bertz CT molecular complexity index is 516. The molecule has 168 valence electrons. The molecule has 0 radical (unpaired) electrons. The second kappa shape index (κ2) is 15.4. The van der Waals surface area contributed by atoms with Gasteiger partial charge in [0.05, 0.1) is 6.54 Å². The number of carbonyl (C=O) groups is 2. The van der Waals surface area contributed by atoms with Crippen LogP contribution in [0.4, 0.5) is 0 Å². The molecule has 0 saturated carbocycles. The summed E-state index contributed by atoms with van der Waals surface area (Å²) in [5.41, 5.74) is 0. The summed E-state index contributed by atoms with van der Waals surface area (Å²) in [5.74, 6) is 0.906. The first-order valence-electron chi connectivity index (χ1n) is 12.3. The van der Waals surface area contributed by atoms with Gasteiger partial charge in [-0.2, -0.15) is 4.90 Å². The third-order valence-electron chi connectivity index (χ3n) is 5.90. The van der Waals surface area contributed by atoms with Crippen LogP contribution in [0.3, 0.4) is 0 Å². The zero-order valence-corrected chi connectivity index (χ0v) is 19.6. The van der Waals surface area contributed by atoms with Crippen LogP contribution in [0.5, 0.6) is 0 Å². The van der Waals surface area contributed by atoms with Gasteiger partial charge >= 0.3 is 5.96 Å². The summed E-state index contributed by atoms with van der Waals surface area (Å²) in [6.07, 6.45) is 15.2. The minimum Gasteiger partial charge on any atom is -0.259 e. The van der Waals surface area contributed by atoms with Crippen LogP contribution in [-0.4, -0.2) is 46.4 Å². The van der Waals surface area contributed by atoms with E-state index in [1.807, 2.05) is 4.90 Å². The van der Waals surface area contributed by atoms with Gasteiger partial charge in [-0.1, -0.05) is 78.1 Å². The number of nitrogens with zero attached hydrogens (tertiary/aromatic N) is 2. The monoisotopic (exact) mass is 408 g/mol. The van der Waals surface area contributed by atoms with E-state index in [0.29, 0.717) is 25.3 Å². The van der Waals surface area contributed by atoms with E-state index in [1.165, 1.54) is 51.4 Å². The van der Waals surface area contributed by atoms with Crippen molar-refractivity contribution in [1.82, 2.24) is 10.2 Å². The number of amides is 2. The summed E-state index contributed by atoms with van der Waals surface area (Å²) < 4.78 is 2.15. The zero-order valence-electron chi connectivity index (χ0n) is 19.6. The van der Waals surface area contributed by atoms with Crippen molar-refractivity contribution >= 4 is 17.8 Å². The van der Waals surface area contributed by atoms with Gasteiger partial charge in [0.25, 0.3) is 11.8 Å². The molecule has 1 rings (SSSR count). The SMILES string of the molecule is CCCCCCCCCC(=O)N1CC(C)[N+](CC)=C1NC(=O)CCCCCCC. The molecular weight excluding hydrogens is 362 g/mol. The van der Waals surface area contributed by atoms with E-state index in [4.69, 9.17) is 0 Å².